The molecule has 0 saturated heterocycles. The van der Waals surface area contributed by atoms with E-state index in [0.717, 1.165) is 5.56 Å². The molecule has 126 valence electrons. The summed E-state index contributed by atoms with van der Waals surface area (Å²) < 4.78 is 5.32. The van der Waals surface area contributed by atoms with Gasteiger partial charge in [0.15, 0.2) is 5.78 Å². The fourth-order valence-corrected chi connectivity index (χ4v) is 3.00. The van der Waals surface area contributed by atoms with Crippen molar-refractivity contribution in [3.63, 3.8) is 0 Å². The molecule has 1 aliphatic rings. The number of rotatable bonds is 4. The lowest BCUT2D eigenvalue weighted by atomic mass is 9.97. The van der Waals surface area contributed by atoms with E-state index in [1.807, 2.05) is 24.0 Å². The van der Waals surface area contributed by atoms with E-state index in [1.165, 1.54) is 0 Å². The Kier molecular flexibility index (Phi) is 4.44. The summed E-state index contributed by atoms with van der Waals surface area (Å²) in [5, 5.41) is 9.12. The zero-order valence-corrected chi connectivity index (χ0v) is 14.2. The van der Waals surface area contributed by atoms with Crippen molar-refractivity contribution in [3.8, 4) is 11.8 Å². The van der Waals surface area contributed by atoms with Gasteiger partial charge in [0.25, 0.3) is 0 Å². The first kappa shape index (κ1) is 16.6. The second-order valence-corrected chi connectivity index (χ2v) is 5.93. The molecular formula is C20H19N3O2. The van der Waals surface area contributed by atoms with E-state index in [-0.39, 0.29) is 5.78 Å². The average molecular weight is 333 g/mol. The molecule has 3 rings (SSSR count). The van der Waals surface area contributed by atoms with Crippen LogP contribution >= 0.6 is 0 Å². The van der Waals surface area contributed by atoms with Gasteiger partial charge in [0.05, 0.1) is 30.1 Å². The molecular weight excluding hydrogens is 314 g/mol. The number of aryl methyl sites for hydroxylation is 1. The third-order valence-electron chi connectivity index (χ3n) is 4.40. The maximum atomic E-state index is 13.2. The van der Waals surface area contributed by atoms with Gasteiger partial charge in [0.2, 0.25) is 0 Å². The summed E-state index contributed by atoms with van der Waals surface area (Å²) in [5.74, 6) is 0.366. The topological polar surface area (TPSA) is 79.3 Å². The number of nitrogens with zero attached hydrogens (tertiary/aromatic N) is 2. The SMILES string of the molecule is COc1ccccc1C(=O)c1ccc(C)c(N)c1N1C=C(C#N)CC1. The number of anilines is 2. The van der Waals surface area contributed by atoms with Crippen molar-refractivity contribution in [1.82, 2.24) is 0 Å². The van der Waals surface area contributed by atoms with Crippen LogP contribution in [0.15, 0.2) is 48.2 Å². The van der Waals surface area contributed by atoms with Crippen LogP contribution in [-0.2, 0) is 0 Å². The molecule has 0 aromatic heterocycles. The summed E-state index contributed by atoms with van der Waals surface area (Å²) in [7, 11) is 1.54. The molecule has 0 unspecified atom stereocenters. The van der Waals surface area contributed by atoms with Crippen LogP contribution in [0.2, 0.25) is 0 Å². The van der Waals surface area contributed by atoms with Crippen LogP contribution in [0.25, 0.3) is 0 Å². The van der Waals surface area contributed by atoms with Crippen LogP contribution in [0.4, 0.5) is 11.4 Å². The van der Waals surface area contributed by atoms with E-state index in [4.69, 9.17) is 15.7 Å². The first-order valence-electron chi connectivity index (χ1n) is 8.01. The number of nitrogen functional groups attached to an aromatic ring is 1. The average Bonchev–Trinajstić information content (AvgIpc) is 3.12. The van der Waals surface area contributed by atoms with Gasteiger partial charge in [-0.3, -0.25) is 4.79 Å². The Balaban J connectivity index is 2.14. The molecule has 5 nitrogen and oxygen atoms in total. The van der Waals surface area contributed by atoms with Crippen molar-refractivity contribution in [1.29, 1.82) is 5.26 Å². The van der Waals surface area contributed by atoms with Crippen molar-refractivity contribution in [2.75, 3.05) is 24.3 Å². The Morgan fingerprint density at radius 2 is 2.00 bits per heavy atom. The van der Waals surface area contributed by atoms with Crippen molar-refractivity contribution in [2.24, 2.45) is 0 Å². The Morgan fingerprint density at radius 1 is 1.24 bits per heavy atom. The first-order chi connectivity index (χ1) is 12.1. The molecule has 0 spiro atoms. The minimum Gasteiger partial charge on any atom is -0.496 e. The molecule has 0 amide bonds. The zero-order valence-electron chi connectivity index (χ0n) is 14.2. The minimum absolute atomic E-state index is 0.155. The first-order valence-corrected chi connectivity index (χ1v) is 8.01. The van der Waals surface area contributed by atoms with Gasteiger partial charge in [-0.25, -0.2) is 0 Å². The molecule has 2 aromatic carbocycles. The number of benzene rings is 2. The fraction of sp³-hybridized carbons (Fsp3) is 0.200. The smallest absolute Gasteiger partial charge is 0.198 e. The standard InChI is InChI=1S/C20H19N3O2/c1-13-7-8-16(20(24)15-5-3-4-6-17(15)25-2)19(18(13)22)23-10-9-14(11-21)12-23/h3-8,12H,9-10,22H2,1-2H3. The number of carbonyl (C=O) groups excluding carboxylic acids is 1. The van der Waals surface area contributed by atoms with Gasteiger partial charge < -0.3 is 15.4 Å². The summed E-state index contributed by atoms with van der Waals surface area (Å²) in [5.41, 5.74) is 10.1. The van der Waals surface area contributed by atoms with E-state index in [2.05, 4.69) is 6.07 Å². The van der Waals surface area contributed by atoms with Gasteiger partial charge >= 0.3 is 0 Å². The summed E-state index contributed by atoms with van der Waals surface area (Å²) in [6, 6.07) is 12.9. The number of methoxy groups -OCH3 is 1. The van der Waals surface area contributed by atoms with Crippen LogP contribution < -0.4 is 15.4 Å². The predicted octanol–water partition coefficient (Wildman–Crippen LogP) is 3.43. The highest BCUT2D eigenvalue weighted by Gasteiger charge is 2.25. The third-order valence-corrected chi connectivity index (χ3v) is 4.40. The highest BCUT2D eigenvalue weighted by atomic mass is 16.5. The monoisotopic (exact) mass is 333 g/mol. The molecule has 1 aliphatic heterocycles. The number of nitriles is 1. The Morgan fingerprint density at radius 3 is 2.68 bits per heavy atom. The van der Waals surface area contributed by atoms with Crippen molar-refractivity contribution < 1.29 is 9.53 Å². The van der Waals surface area contributed by atoms with Gasteiger partial charge in [-0.2, -0.15) is 5.26 Å². The van der Waals surface area contributed by atoms with Gasteiger partial charge in [-0.15, -0.1) is 0 Å². The number of carbonyl (C=O) groups is 1. The second-order valence-electron chi connectivity index (χ2n) is 5.93. The van der Waals surface area contributed by atoms with E-state index in [1.54, 1.807) is 37.6 Å². The van der Waals surface area contributed by atoms with Gasteiger partial charge in [0, 0.05) is 30.3 Å². The molecule has 0 radical (unpaired) electrons. The van der Waals surface area contributed by atoms with E-state index >= 15 is 0 Å². The summed E-state index contributed by atoms with van der Waals surface area (Å²) in [4.78, 5) is 15.1. The number of nitrogens with two attached hydrogens (primary N) is 1. The van der Waals surface area contributed by atoms with E-state index in [0.29, 0.717) is 46.8 Å². The lowest BCUT2D eigenvalue weighted by Crippen LogP contribution is -2.19. The molecule has 5 heteroatoms. The quantitative estimate of drug-likeness (QED) is 0.685. The summed E-state index contributed by atoms with van der Waals surface area (Å²) in [6.07, 6.45) is 2.41. The molecule has 25 heavy (non-hydrogen) atoms. The maximum Gasteiger partial charge on any atom is 0.198 e. The highest BCUT2D eigenvalue weighted by Crippen LogP contribution is 2.36. The predicted molar refractivity (Wildman–Crippen MR) is 97.7 cm³/mol. The molecule has 2 aromatic rings. The Labute approximate surface area is 146 Å². The molecule has 0 atom stereocenters. The fourth-order valence-electron chi connectivity index (χ4n) is 3.00. The van der Waals surface area contributed by atoms with Crippen LogP contribution in [0.1, 0.15) is 27.9 Å². The van der Waals surface area contributed by atoms with Crippen molar-refractivity contribution >= 4 is 17.2 Å². The molecule has 2 N–H and O–H groups in total. The largest absolute Gasteiger partial charge is 0.496 e. The van der Waals surface area contributed by atoms with Gasteiger partial charge in [-0.05, 0) is 30.7 Å². The van der Waals surface area contributed by atoms with Crippen LogP contribution in [0.3, 0.4) is 0 Å². The molecule has 0 aliphatic carbocycles. The Hall–Kier alpha value is -3.26. The lowest BCUT2D eigenvalue weighted by Gasteiger charge is -2.22. The van der Waals surface area contributed by atoms with Gasteiger partial charge in [-0.1, -0.05) is 18.2 Å². The highest BCUT2D eigenvalue weighted by molar-refractivity contribution is 6.15. The van der Waals surface area contributed by atoms with Crippen molar-refractivity contribution in [3.05, 3.63) is 64.9 Å². The molecule has 0 fully saturated rings. The number of hydrogen-bond acceptors (Lipinski definition) is 5. The van der Waals surface area contributed by atoms with E-state index in [9.17, 15) is 4.79 Å². The molecule has 1 heterocycles. The summed E-state index contributed by atoms with van der Waals surface area (Å²) in [6.45, 7) is 2.53. The van der Waals surface area contributed by atoms with Crippen LogP contribution in [0, 0.1) is 18.3 Å². The van der Waals surface area contributed by atoms with Crippen LogP contribution in [-0.4, -0.2) is 19.4 Å². The number of hydrogen-bond donors (Lipinski definition) is 1. The number of ketones is 1. The number of para-hydroxylation sites is 1. The third kappa shape index (κ3) is 2.94. The van der Waals surface area contributed by atoms with E-state index < -0.39 is 0 Å². The lowest BCUT2D eigenvalue weighted by molar-refractivity contribution is 0.103. The zero-order chi connectivity index (χ0) is 18.0. The second kappa shape index (κ2) is 6.70. The van der Waals surface area contributed by atoms with Gasteiger partial charge in [0.1, 0.15) is 5.75 Å². The Bertz CT molecular complexity index is 910. The number of ether oxygens (including phenoxy) is 1. The molecule has 0 saturated carbocycles. The normalized spacial score (nSPS) is 13.3. The molecule has 0 bridgehead atoms. The van der Waals surface area contributed by atoms with Crippen LogP contribution in [0.5, 0.6) is 5.75 Å². The summed E-state index contributed by atoms with van der Waals surface area (Å²) >= 11 is 0. The maximum absolute atomic E-state index is 13.2. The van der Waals surface area contributed by atoms with Crippen molar-refractivity contribution in [2.45, 2.75) is 13.3 Å². The minimum atomic E-state index is -0.155.